The van der Waals surface area contributed by atoms with Crippen LogP contribution in [0.2, 0.25) is 0 Å². The average molecular weight is 359 g/mol. The van der Waals surface area contributed by atoms with Gasteiger partial charge in [0.05, 0.1) is 13.1 Å². The van der Waals surface area contributed by atoms with E-state index in [0.29, 0.717) is 19.6 Å². The summed E-state index contributed by atoms with van der Waals surface area (Å²) >= 11 is 0. The number of aryl methyl sites for hydroxylation is 1. The lowest BCUT2D eigenvalue weighted by Gasteiger charge is -2.38. The molecule has 0 unspecified atom stereocenters. The Balaban J connectivity index is 1.63. The molecule has 1 aromatic rings. The van der Waals surface area contributed by atoms with Crippen molar-refractivity contribution in [1.82, 2.24) is 14.4 Å². The lowest BCUT2D eigenvalue weighted by Crippen LogP contribution is -2.53. The van der Waals surface area contributed by atoms with Crippen molar-refractivity contribution >= 4 is 12.0 Å². The van der Waals surface area contributed by atoms with E-state index in [2.05, 4.69) is 0 Å². The fraction of sp³-hybridized carbons (Fsp3) is 0.632. The number of likely N-dealkylation sites (tertiary alicyclic amines) is 1. The number of likely N-dealkylation sites (N-methyl/N-ethyl adjacent to an activating group) is 1. The number of ether oxygens (including phenoxy) is 1. The molecule has 26 heavy (non-hydrogen) atoms. The Kier molecular flexibility index (Phi) is 4.04. The molecule has 1 atom stereocenters. The lowest BCUT2D eigenvalue weighted by molar-refractivity contribution is -0.00530. The van der Waals surface area contributed by atoms with E-state index < -0.39 is 5.60 Å². The van der Waals surface area contributed by atoms with Crippen molar-refractivity contribution in [2.45, 2.75) is 44.1 Å². The third-order valence-corrected chi connectivity index (χ3v) is 5.94. The van der Waals surface area contributed by atoms with Crippen molar-refractivity contribution in [3.8, 4) is 0 Å². The number of hydrogen-bond donors (Lipinski definition) is 0. The van der Waals surface area contributed by atoms with Crippen molar-refractivity contribution in [3.05, 3.63) is 33.2 Å². The Bertz CT molecular complexity index is 831. The number of hydrogen-bond acceptors (Lipinski definition) is 4. The molecule has 1 spiro atoms. The number of rotatable bonds is 1. The maximum absolute atomic E-state index is 13.1. The van der Waals surface area contributed by atoms with Gasteiger partial charge in [-0.25, -0.2) is 4.79 Å². The molecule has 2 fully saturated rings. The molecular weight excluding hydrogens is 334 g/mol. The molecule has 0 bridgehead atoms. The van der Waals surface area contributed by atoms with Crippen molar-refractivity contribution in [2.75, 3.05) is 26.7 Å². The van der Waals surface area contributed by atoms with Crippen LogP contribution in [0.15, 0.2) is 10.9 Å². The molecule has 1 aliphatic carbocycles. The van der Waals surface area contributed by atoms with Gasteiger partial charge in [0.25, 0.3) is 11.5 Å². The van der Waals surface area contributed by atoms with Crippen molar-refractivity contribution in [2.24, 2.45) is 7.05 Å². The molecule has 3 heterocycles. The number of piperidine rings is 1. The first-order valence-corrected chi connectivity index (χ1v) is 9.35. The van der Waals surface area contributed by atoms with Gasteiger partial charge in [-0.3, -0.25) is 9.59 Å². The summed E-state index contributed by atoms with van der Waals surface area (Å²) in [6.07, 6.45) is 5.15. The van der Waals surface area contributed by atoms with Crippen molar-refractivity contribution < 1.29 is 14.3 Å². The molecule has 4 rings (SSSR count). The quantitative estimate of drug-likeness (QED) is 0.758. The molecule has 1 aromatic heterocycles. The fourth-order valence-corrected chi connectivity index (χ4v) is 4.59. The van der Waals surface area contributed by atoms with E-state index in [4.69, 9.17) is 4.74 Å². The standard InChI is InChI=1S/C19H25N3O4/c1-20-11-19(26-18(20)25)8-5-9-22(12-19)17(24)14-10-13-6-3-4-7-15(13)21(2)16(14)23/h10H,3-9,11-12H2,1-2H3/t19-/m1/s1. The summed E-state index contributed by atoms with van der Waals surface area (Å²) in [5.41, 5.74) is 1.54. The topological polar surface area (TPSA) is 71.8 Å². The van der Waals surface area contributed by atoms with Crippen LogP contribution in [0.25, 0.3) is 0 Å². The Morgan fingerprint density at radius 2 is 1.88 bits per heavy atom. The molecule has 7 nitrogen and oxygen atoms in total. The number of carbonyl (C=O) groups excluding carboxylic acids is 2. The van der Waals surface area contributed by atoms with Crippen LogP contribution < -0.4 is 5.56 Å². The van der Waals surface area contributed by atoms with Crippen LogP contribution in [0.4, 0.5) is 4.79 Å². The number of pyridine rings is 1. The van der Waals surface area contributed by atoms with Gasteiger partial charge in [0, 0.05) is 26.3 Å². The minimum atomic E-state index is -0.640. The van der Waals surface area contributed by atoms with Crippen molar-refractivity contribution in [3.63, 3.8) is 0 Å². The van der Waals surface area contributed by atoms with Gasteiger partial charge in [-0.2, -0.15) is 0 Å². The zero-order valence-electron chi connectivity index (χ0n) is 15.4. The minimum absolute atomic E-state index is 0.226. The highest BCUT2D eigenvalue weighted by molar-refractivity contribution is 5.94. The van der Waals surface area contributed by atoms with Gasteiger partial charge >= 0.3 is 6.09 Å². The highest BCUT2D eigenvalue weighted by Gasteiger charge is 2.47. The summed E-state index contributed by atoms with van der Waals surface area (Å²) in [6, 6.07) is 1.80. The Morgan fingerprint density at radius 3 is 2.62 bits per heavy atom. The summed E-state index contributed by atoms with van der Waals surface area (Å²) in [6.45, 7) is 1.42. The van der Waals surface area contributed by atoms with E-state index in [1.165, 1.54) is 0 Å². The Morgan fingerprint density at radius 1 is 1.12 bits per heavy atom. The van der Waals surface area contributed by atoms with Gasteiger partial charge in [-0.15, -0.1) is 0 Å². The summed E-state index contributed by atoms with van der Waals surface area (Å²) in [4.78, 5) is 40.9. The van der Waals surface area contributed by atoms with Gasteiger partial charge in [-0.05, 0) is 50.2 Å². The van der Waals surface area contributed by atoms with Gasteiger partial charge < -0.3 is 19.1 Å². The molecule has 140 valence electrons. The Labute approximate surface area is 152 Å². The number of amides is 2. The lowest BCUT2D eigenvalue weighted by atomic mass is 9.91. The van der Waals surface area contributed by atoms with E-state index in [-0.39, 0.29) is 23.1 Å². The van der Waals surface area contributed by atoms with Crippen molar-refractivity contribution in [1.29, 1.82) is 0 Å². The summed E-state index contributed by atoms with van der Waals surface area (Å²) < 4.78 is 7.22. The smallest absolute Gasteiger partial charge is 0.410 e. The van der Waals surface area contributed by atoms with E-state index in [1.54, 1.807) is 34.5 Å². The number of carbonyl (C=O) groups is 2. The molecule has 0 saturated carbocycles. The number of nitrogens with zero attached hydrogens (tertiary/aromatic N) is 3. The van der Waals surface area contributed by atoms with Crippen LogP contribution in [0.5, 0.6) is 0 Å². The van der Waals surface area contributed by atoms with Gasteiger partial charge in [0.15, 0.2) is 0 Å². The summed E-state index contributed by atoms with van der Waals surface area (Å²) in [7, 11) is 3.46. The van der Waals surface area contributed by atoms with Gasteiger partial charge in [0.1, 0.15) is 11.2 Å². The maximum Gasteiger partial charge on any atom is 0.410 e. The molecule has 2 amide bonds. The van der Waals surface area contributed by atoms with E-state index in [9.17, 15) is 14.4 Å². The molecule has 0 radical (unpaired) electrons. The van der Waals surface area contributed by atoms with Gasteiger partial charge in [-0.1, -0.05) is 0 Å². The third kappa shape index (κ3) is 2.70. The van der Waals surface area contributed by atoms with Crippen LogP contribution in [0, 0.1) is 0 Å². The fourth-order valence-electron chi connectivity index (χ4n) is 4.59. The van der Waals surface area contributed by atoms with E-state index in [0.717, 1.165) is 49.8 Å². The SMILES string of the molecule is CN1C[C@@]2(CCCN(C(=O)c3cc4c(n(C)c3=O)CCCC4)C2)OC1=O. The highest BCUT2D eigenvalue weighted by atomic mass is 16.6. The third-order valence-electron chi connectivity index (χ3n) is 5.94. The number of aromatic nitrogens is 1. The second kappa shape index (κ2) is 6.14. The van der Waals surface area contributed by atoms with E-state index >= 15 is 0 Å². The molecule has 0 N–H and O–H groups in total. The minimum Gasteiger partial charge on any atom is -0.439 e. The molecule has 2 saturated heterocycles. The molecular formula is C19H25N3O4. The summed E-state index contributed by atoms with van der Waals surface area (Å²) in [5.74, 6) is -0.247. The summed E-state index contributed by atoms with van der Waals surface area (Å²) in [5, 5.41) is 0. The van der Waals surface area contributed by atoms with Crippen LogP contribution in [0.1, 0.15) is 47.3 Å². The zero-order valence-corrected chi connectivity index (χ0v) is 15.4. The van der Waals surface area contributed by atoms with Gasteiger partial charge in [0.2, 0.25) is 0 Å². The predicted molar refractivity (Wildman–Crippen MR) is 95.3 cm³/mol. The van der Waals surface area contributed by atoms with Crippen LogP contribution in [0.3, 0.4) is 0 Å². The average Bonchev–Trinajstić information content (AvgIpc) is 2.90. The maximum atomic E-state index is 13.1. The monoisotopic (exact) mass is 359 g/mol. The first kappa shape index (κ1) is 17.1. The second-order valence-electron chi connectivity index (χ2n) is 7.84. The largest absolute Gasteiger partial charge is 0.439 e. The van der Waals surface area contributed by atoms with Crippen LogP contribution in [-0.4, -0.2) is 58.7 Å². The van der Waals surface area contributed by atoms with E-state index in [1.807, 2.05) is 0 Å². The first-order chi connectivity index (χ1) is 12.4. The zero-order chi connectivity index (χ0) is 18.5. The molecule has 2 aliphatic heterocycles. The highest BCUT2D eigenvalue weighted by Crippen LogP contribution is 2.32. The number of fused-ring (bicyclic) bond motifs is 1. The molecule has 7 heteroatoms. The normalized spacial score (nSPS) is 25.4. The first-order valence-electron chi connectivity index (χ1n) is 9.35. The second-order valence-corrected chi connectivity index (χ2v) is 7.84. The van der Waals surface area contributed by atoms with Crippen LogP contribution >= 0.6 is 0 Å². The molecule has 3 aliphatic rings. The Hall–Kier alpha value is -2.31. The molecule has 0 aromatic carbocycles. The predicted octanol–water partition coefficient (Wildman–Crippen LogP) is 1.32. The van der Waals surface area contributed by atoms with Crippen LogP contribution in [-0.2, 0) is 24.6 Å².